The van der Waals surface area contributed by atoms with E-state index in [-0.39, 0.29) is 12.5 Å². The quantitative estimate of drug-likeness (QED) is 0.422. The topological polar surface area (TPSA) is 79.2 Å². The number of carboxylic acid groups (broad SMARTS) is 1. The van der Waals surface area contributed by atoms with Crippen LogP contribution in [0.1, 0.15) is 45.4 Å². The number of unbranched alkanes of at least 4 members (excludes halogenated alkanes) is 4. The summed E-state index contributed by atoms with van der Waals surface area (Å²) >= 11 is 7.27. The number of ether oxygens (including phenoxy) is 1. The Bertz CT molecular complexity index is 666. The van der Waals surface area contributed by atoms with Crippen molar-refractivity contribution in [3.63, 3.8) is 0 Å². The zero-order valence-electron chi connectivity index (χ0n) is 15.4. The summed E-state index contributed by atoms with van der Waals surface area (Å²) in [4.78, 5) is 29.0. The lowest BCUT2D eigenvalue weighted by atomic mass is 10.1. The maximum absolute atomic E-state index is 11.9. The maximum atomic E-state index is 11.9. The van der Waals surface area contributed by atoms with E-state index in [0.717, 1.165) is 19.3 Å². The van der Waals surface area contributed by atoms with E-state index >= 15 is 0 Å². The number of nitrogens with zero attached hydrogens (tertiary/aromatic N) is 2. The van der Waals surface area contributed by atoms with Crippen molar-refractivity contribution in [3.05, 3.63) is 29.3 Å². The number of benzene rings is 1. The molecule has 0 radical (unpaired) electrons. The van der Waals surface area contributed by atoms with Gasteiger partial charge in [-0.3, -0.25) is 9.69 Å². The molecular formula is C19H25ClN2O4S. The summed E-state index contributed by atoms with van der Waals surface area (Å²) in [5.74, 6) is 0.278. The fraction of sp³-hybridized carbons (Fsp3) is 0.526. The van der Waals surface area contributed by atoms with Crippen LogP contribution in [0.4, 0.5) is 10.5 Å². The minimum absolute atomic E-state index is 0.118. The molecule has 148 valence electrons. The van der Waals surface area contributed by atoms with Gasteiger partial charge in [-0.05, 0) is 30.7 Å². The molecule has 8 heteroatoms. The molecule has 1 unspecified atom stereocenters. The zero-order valence-corrected chi connectivity index (χ0v) is 17.0. The van der Waals surface area contributed by atoms with E-state index in [2.05, 4.69) is 11.9 Å². The van der Waals surface area contributed by atoms with Crippen molar-refractivity contribution in [1.29, 1.82) is 0 Å². The Kier molecular flexibility index (Phi) is 8.94. The Balaban J connectivity index is 1.83. The number of amides is 1. The molecule has 1 aliphatic heterocycles. The van der Waals surface area contributed by atoms with Gasteiger partial charge in [-0.25, -0.2) is 9.79 Å². The summed E-state index contributed by atoms with van der Waals surface area (Å²) in [6, 6.07) is 6.57. The Morgan fingerprint density at radius 2 is 1.96 bits per heavy atom. The van der Waals surface area contributed by atoms with Crippen LogP contribution in [0.2, 0.25) is 5.02 Å². The first-order valence-corrected chi connectivity index (χ1v) is 10.5. The third-order valence-electron chi connectivity index (χ3n) is 4.10. The highest BCUT2D eigenvalue weighted by Gasteiger charge is 2.25. The first-order chi connectivity index (χ1) is 13.0. The standard InChI is InChI=1S/C19H25ClN2O4S/c1-2-3-4-5-6-7-18(23)26-16-13-27-17(21-16)12-22(19(24)25)15-10-8-14(20)9-11-15/h8-11,16H,2-7,12-13H2,1H3,(H,24,25). The molecule has 1 atom stereocenters. The molecule has 0 aliphatic carbocycles. The fourth-order valence-electron chi connectivity index (χ4n) is 2.66. The molecule has 0 fully saturated rings. The second kappa shape index (κ2) is 11.2. The van der Waals surface area contributed by atoms with E-state index in [0.29, 0.717) is 27.9 Å². The van der Waals surface area contributed by atoms with Crippen LogP contribution < -0.4 is 4.90 Å². The Labute approximate surface area is 168 Å². The average molecular weight is 413 g/mol. The van der Waals surface area contributed by atoms with Gasteiger partial charge in [-0.2, -0.15) is 0 Å². The predicted molar refractivity (Wildman–Crippen MR) is 110 cm³/mol. The van der Waals surface area contributed by atoms with E-state index in [1.54, 1.807) is 24.3 Å². The van der Waals surface area contributed by atoms with Crippen LogP contribution in [0, 0.1) is 0 Å². The van der Waals surface area contributed by atoms with Gasteiger partial charge in [-0.1, -0.05) is 44.2 Å². The monoisotopic (exact) mass is 412 g/mol. The maximum Gasteiger partial charge on any atom is 0.412 e. The number of hydrogen-bond donors (Lipinski definition) is 1. The van der Waals surface area contributed by atoms with Crippen LogP contribution in [0.5, 0.6) is 0 Å². The molecule has 0 saturated heterocycles. The molecule has 1 aromatic rings. The van der Waals surface area contributed by atoms with Crippen LogP contribution >= 0.6 is 23.4 Å². The number of carbonyl (C=O) groups is 2. The molecule has 1 N–H and O–H groups in total. The van der Waals surface area contributed by atoms with E-state index < -0.39 is 12.3 Å². The van der Waals surface area contributed by atoms with Gasteiger partial charge >= 0.3 is 12.1 Å². The van der Waals surface area contributed by atoms with Crippen molar-refractivity contribution >= 4 is 46.2 Å². The average Bonchev–Trinajstić information content (AvgIpc) is 3.07. The smallest absolute Gasteiger partial charge is 0.412 e. The lowest BCUT2D eigenvalue weighted by Crippen LogP contribution is -2.33. The van der Waals surface area contributed by atoms with Crippen molar-refractivity contribution < 1.29 is 19.4 Å². The lowest BCUT2D eigenvalue weighted by molar-refractivity contribution is -0.147. The van der Waals surface area contributed by atoms with Crippen LogP contribution in [0.15, 0.2) is 29.3 Å². The highest BCUT2D eigenvalue weighted by molar-refractivity contribution is 8.14. The third-order valence-corrected chi connectivity index (χ3v) is 5.37. The predicted octanol–water partition coefficient (Wildman–Crippen LogP) is 5.20. The van der Waals surface area contributed by atoms with Crippen molar-refractivity contribution in [2.45, 2.75) is 51.7 Å². The molecule has 1 amide bonds. The highest BCUT2D eigenvalue weighted by Crippen LogP contribution is 2.24. The fourth-order valence-corrected chi connectivity index (χ4v) is 3.67. The molecule has 0 bridgehead atoms. The lowest BCUT2D eigenvalue weighted by Gasteiger charge is -2.18. The number of rotatable bonds is 10. The number of carbonyl (C=O) groups excluding carboxylic acids is 1. The summed E-state index contributed by atoms with van der Waals surface area (Å²) < 4.78 is 5.38. The van der Waals surface area contributed by atoms with Crippen LogP contribution in [-0.4, -0.2) is 40.7 Å². The van der Waals surface area contributed by atoms with E-state index in [4.69, 9.17) is 16.3 Å². The number of anilines is 1. The third kappa shape index (κ3) is 7.42. The van der Waals surface area contributed by atoms with E-state index in [1.807, 2.05) is 0 Å². The molecule has 6 nitrogen and oxygen atoms in total. The van der Waals surface area contributed by atoms with Crippen molar-refractivity contribution in [2.24, 2.45) is 4.99 Å². The van der Waals surface area contributed by atoms with E-state index in [9.17, 15) is 14.7 Å². The summed E-state index contributed by atoms with van der Waals surface area (Å²) in [6.45, 7) is 2.27. The van der Waals surface area contributed by atoms with Crippen LogP contribution in [0.3, 0.4) is 0 Å². The number of aliphatic imine (C=N–C) groups is 1. The molecular weight excluding hydrogens is 388 g/mol. The normalized spacial score (nSPS) is 16.1. The molecule has 0 aromatic heterocycles. The zero-order chi connectivity index (χ0) is 19.6. The second-order valence-corrected chi connectivity index (χ2v) is 7.82. The number of thioether (sulfide) groups is 1. The van der Waals surface area contributed by atoms with Gasteiger partial charge in [0.05, 0.1) is 17.3 Å². The minimum atomic E-state index is -1.08. The van der Waals surface area contributed by atoms with Crippen LogP contribution in [-0.2, 0) is 9.53 Å². The van der Waals surface area contributed by atoms with Gasteiger partial charge in [0.2, 0.25) is 6.23 Å². The first-order valence-electron chi connectivity index (χ1n) is 9.14. The summed E-state index contributed by atoms with van der Waals surface area (Å²) in [5.41, 5.74) is 0.516. The number of halogens is 1. The second-order valence-electron chi connectivity index (χ2n) is 6.29. The Hall–Kier alpha value is -1.73. The SMILES string of the molecule is CCCCCCCC(=O)OC1CSC(CN(C(=O)O)c2ccc(Cl)cc2)=N1. The number of hydrogen-bond acceptors (Lipinski definition) is 5. The molecule has 2 rings (SSSR count). The van der Waals surface area contributed by atoms with Gasteiger partial charge in [0, 0.05) is 17.1 Å². The molecule has 0 spiro atoms. The summed E-state index contributed by atoms with van der Waals surface area (Å²) in [5, 5.41) is 10.6. The molecule has 1 aromatic carbocycles. The summed E-state index contributed by atoms with van der Waals surface area (Å²) in [6.07, 6.45) is 4.16. The van der Waals surface area contributed by atoms with Gasteiger partial charge in [0.15, 0.2) is 0 Å². The molecule has 1 aliphatic rings. The van der Waals surface area contributed by atoms with E-state index in [1.165, 1.54) is 29.5 Å². The summed E-state index contributed by atoms with van der Waals surface area (Å²) in [7, 11) is 0. The van der Waals surface area contributed by atoms with Crippen molar-refractivity contribution in [1.82, 2.24) is 0 Å². The number of esters is 1. The van der Waals surface area contributed by atoms with Crippen molar-refractivity contribution in [2.75, 3.05) is 17.2 Å². The minimum Gasteiger partial charge on any atom is -0.465 e. The molecule has 1 heterocycles. The molecule has 0 saturated carbocycles. The van der Waals surface area contributed by atoms with Gasteiger partial charge in [-0.15, -0.1) is 11.8 Å². The van der Waals surface area contributed by atoms with Gasteiger partial charge in [0.1, 0.15) is 0 Å². The van der Waals surface area contributed by atoms with Gasteiger partial charge < -0.3 is 9.84 Å². The largest absolute Gasteiger partial charge is 0.465 e. The van der Waals surface area contributed by atoms with Gasteiger partial charge in [0.25, 0.3) is 0 Å². The highest BCUT2D eigenvalue weighted by atomic mass is 35.5. The first kappa shape index (κ1) is 21.6. The van der Waals surface area contributed by atoms with Crippen molar-refractivity contribution in [3.8, 4) is 0 Å². The Morgan fingerprint density at radius 1 is 1.26 bits per heavy atom. The Morgan fingerprint density at radius 3 is 2.63 bits per heavy atom. The molecule has 27 heavy (non-hydrogen) atoms. The van der Waals surface area contributed by atoms with Crippen LogP contribution in [0.25, 0.3) is 0 Å².